The highest BCUT2D eigenvalue weighted by molar-refractivity contribution is 8.01. The number of aromatic nitrogens is 1. The predicted octanol–water partition coefficient (Wildman–Crippen LogP) is 3.10. The van der Waals surface area contributed by atoms with E-state index < -0.39 is 5.97 Å². The fourth-order valence-electron chi connectivity index (χ4n) is 1.53. The lowest BCUT2D eigenvalue weighted by Gasteiger charge is -2.04. The maximum Gasteiger partial charge on any atom is 0.309 e. The number of carbonyl (C=O) groups is 1. The largest absolute Gasteiger partial charge is 0.481 e. The summed E-state index contributed by atoms with van der Waals surface area (Å²) in [6, 6.07) is 7.70. The lowest BCUT2D eigenvalue weighted by molar-refractivity contribution is -0.136. The third-order valence-electron chi connectivity index (χ3n) is 2.38. The molecule has 0 aliphatic carbocycles. The zero-order valence-corrected chi connectivity index (χ0v) is 11.7. The highest BCUT2D eigenvalue weighted by Gasteiger charge is 2.11. The molecule has 6 heteroatoms. The lowest BCUT2D eigenvalue weighted by Crippen LogP contribution is -1.99. The quantitative estimate of drug-likeness (QED) is 0.936. The van der Waals surface area contributed by atoms with E-state index in [0.717, 1.165) is 14.8 Å². The minimum Gasteiger partial charge on any atom is -0.481 e. The van der Waals surface area contributed by atoms with Crippen molar-refractivity contribution < 1.29 is 9.90 Å². The summed E-state index contributed by atoms with van der Waals surface area (Å²) in [5.41, 5.74) is 2.17. The van der Waals surface area contributed by atoms with Crippen molar-refractivity contribution in [2.24, 2.45) is 0 Å². The number of hydrogen-bond acceptors (Lipinski definition) is 5. The van der Waals surface area contributed by atoms with Gasteiger partial charge in [0.2, 0.25) is 0 Å². The molecule has 0 saturated carbocycles. The second kappa shape index (κ2) is 5.87. The number of carboxylic acids is 1. The van der Waals surface area contributed by atoms with E-state index in [0.29, 0.717) is 11.3 Å². The molecule has 0 bridgehead atoms. The number of benzene rings is 1. The fraction of sp³-hybridized carbons (Fsp3) is 0.154. The van der Waals surface area contributed by atoms with Crippen molar-refractivity contribution in [3.8, 4) is 6.07 Å². The Morgan fingerprint density at radius 3 is 3.05 bits per heavy atom. The molecular formula is C13H10N2O2S2. The van der Waals surface area contributed by atoms with E-state index in [-0.39, 0.29) is 6.42 Å². The molecule has 1 N–H and O–H groups in total. The third kappa shape index (κ3) is 3.34. The number of aryl methyl sites for hydroxylation is 1. The van der Waals surface area contributed by atoms with Gasteiger partial charge in [-0.2, -0.15) is 5.26 Å². The van der Waals surface area contributed by atoms with E-state index in [2.05, 4.69) is 11.1 Å². The first-order chi connectivity index (χ1) is 9.10. The highest BCUT2D eigenvalue weighted by atomic mass is 32.2. The minimum absolute atomic E-state index is 0.0735. The van der Waals surface area contributed by atoms with Gasteiger partial charge in [-0.05, 0) is 18.6 Å². The van der Waals surface area contributed by atoms with E-state index in [1.165, 1.54) is 23.1 Å². The predicted molar refractivity (Wildman–Crippen MR) is 73.5 cm³/mol. The summed E-state index contributed by atoms with van der Waals surface area (Å²) in [5.74, 6) is -0.893. The highest BCUT2D eigenvalue weighted by Crippen LogP contribution is 2.34. The molecule has 0 radical (unpaired) electrons. The summed E-state index contributed by atoms with van der Waals surface area (Å²) < 4.78 is 0.752. The summed E-state index contributed by atoms with van der Waals surface area (Å²) >= 11 is 2.80. The van der Waals surface area contributed by atoms with Gasteiger partial charge in [0.1, 0.15) is 6.07 Å². The van der Waals surface area contributed by atoms with Crippen molar-refractivity contribution in [3.63, 3.8) is 0 Å². The van der Waals surface area contributed by atoms with Gasteiger partial charge in [-0.15, -0.1) is 11.3 Å². The molecule has 0 amide bonds. The SMILES string of the molecule is Cc1cccc(C#N)c1Sc1nc(CC(=O)O)cs1. The number of nitrogens with zero attached hydrogens (tertiary/aromatic N) is 2. The molecule has 1 aromatic carbocycles. The average molecular weight is 290 g/mol. The molecule has 0 aliphatic heterocycles. The van der Waals surface area contributed by atoms with Crippen LogP contribution in [0.4, 0.5) is 0 Å². The van der Waals surface area contributed by atoms with Crippen LogP contribution in [0.2, 0.25) is 0 Å². The maximum absolute atomic E-state index is 10.6. The standard InChI is InChI=1S/C13H10N2O2S2/c1-8-3-2-4-9(6-14)12(8)19-13-15-10(7-18-13)5-11(16)17/h2-4,7H,5H2,1H3,(H,16,17). The van der Waals surface area contributed by atoms with Gasteiger partial charge in [-0.3, -0.25) is 4.79 Å². The maximum atomic E-state index is 10.6. The smallest absolute Gasteiger partial charge is 0.309 e. The topological polar surface area (TPSA) is 74.0 Å². The van der Waals surface area contributed by atoms with Gasteiger partial charge in [0, 0.05) is 10.3 Å². The Bertz CT molecular complexity index is 659. The normalized spacial score (nSPS) is 10.1. The Kier molecular flexibility index (Phi) is 4.20. The first-order valence-corrected chi connectivity index (χ1v) is 7.13. The van der Waals surface area contributed by atoms with Crippen molar-refractivity contribution >= 4 is 29.1 Å². The Hall–Kier alpha value is -1.84. The summed E-state index contributed by atoms with van der Waals surface area (Å²) in [4.78, 5) is 15.7. The van der Waals surface area contributed by atoms with Crippen LogP contribution >= 0.6 is 23.1 Å². The van der Waals surface area contributed by atoms with Gasteiger partial charge in [-0.25, -0.2) is 4.98 Å². The summed E-state index contributed by atoms with van der Waals surface area (Å²) in [6.45, 7) is 1.94. The van der Waals surface area contributed by atoms with Gasteiger partial charge in [0.05, 0.1) is 17.7 Å². The van der Waals surface area contributed by atoms with Crippen molar-refractivity contribution in [2.75, 3.05) is 0 Å². The van der Waals surface area contributed by atoms with Crippen LogP contribution in [-0.4, -0.2) is 16.1 Å². The molecule has 1 heterocycles. The second-order valence-corrected chi connectivity index (χ2v) is 5.96. The van der Waals surface area contributed by atoms with Gasteiger partial charge in [0.15, 0.2) is 4.34 Å². The van der Waals surface area contributed by atoms with E-state index in [1.54, 1.807) is 11.4 Å². The van der Waals surface area contributed by atoms with Crippen LogP contribution in [0.1, 0.15) is 16.8 Å². The van der Waals surface area contributed by atoms with Gasteiger partial charge in [-0.1, -0.05) is 23.9 Å². The fourth-order valence-corrected chi connectivity index (χ4v) is 3.45. The molecule has 96 valence electrons. The van der Waals surface area contributed by atoms with Crippen LogP contribution in [0.3, 0.4) is 0 Å². The van der Waals surface area contributed by atoms with Crippen LogP contribution in [0.25, 0.3) is 0 Å². The van der Waals surface area contributed by atoms with E-state index in [1.807, 2.05) is 19.1 Å². The second-order valence-electron chi connectivity index (χ2n) is 3.84. The molecular weight excluding hydrogens is 280 g/mol. The average Bonchev–Trinajstić information content (AvgIpc) is 2.78. The zero-order valence-electron chi connectivity index (χ0n) is 10.1. The molecule has 0 unspecified atom stereocenters. The number of aliphatic carboxylic acids is 1. The molecule has 0 fully saturated rings. The van der Waals surface area contributed by atoms with Gasteiger partial charge >= 0.3 is 5.97 Å². The Morgan fingerprint density at radius 1 is 1.58 bits per heavy atom. The van der Waals surface area contributed by atoms with Crippen molar-refractivity contribution in [1.29, 1.82) is 5.26 Å². The number of hydrogen-bond donors (Lipinski definition) is 1. The monoisotopic (exact) mass is 290 g/mol. The number of nitriles is 1. The van der Waals surface area contributed by atoms with Crippen molar-refractivity contribution in [1.82, 2.24) is 4.98 Å². The molecule has 0 saturated heterocycles. The summed E-state index contributed by atoms with van der Waals surface area (Å²) in [7, 11) is 0. The Morgan fingerprint density at radius 2 is 2.37 bits per heavy atom. The number of thiazole rings is 1. The first-order valence-electron chi connectivity index (χ1n) is 5.44. The molecule has 0 atom stereocenters. The number of carboxylic acid groups (broad SMARTS) is 1. The van der Waals surface area contributed by atoms with Crippen LogP contribution in [0.5, 0.6) is 0 Å². The molecule has 4 nitrogen and oxygen atoms in total. The van der Waals surface area contributed by atoms with Crippen LogP contribution in [0.15, 0.2) is 32.8 Å². The Labute approximate surface area is 118 Å². The van der Waals surface area contributed by atoms with Crippen molar-refractivity contribution in [2.45, 2.75) is 22.6 Å². The van der Waals surface area contributed by atoms with Crippen LogP contribution < -0.4 is 0 Å². The summed E-state index contributed by atoms with van der Waals surface area (Å²) in [6.07, 6.45) is -0.0735. The third-order valence-corrected chi connectivity index (χ3v) is 4.62. The molecule has 0 spiro atoms. The van der Waals surface area contributed by atoms with E-state index in [9.17, 15) is 4.79 Å². The molecule has 1 aromatic heterocycles. The van der Waals surface area contributed by atoms with Crippen LogP contribution in [-0.2, 0) is 11.2 Å². The summed E-state index contributed by atoms with van der Waals surface area (Å²) in [5, 5.41) is 19.5. The lowest BCUT2D eigenvalue weighted by atomic mass is 10.1. The minimum atomic E-state index is -0.893. The van der Waals surface area contributed by atoms with E-state index in [4.69, 9.17) is 10.4 Å². The van der Waals surface area contributed by atoms with Crippen molar-refractivity contribution in [3.05, 3.63) is 40.4 Å². The number of rotatable bonds is 4. The van der Waals surface area contributed by atoms with E-state index >= 15 is 0 Å². The Balaban J connectivity index is 2.24. The first kappa shape index (κ1) is 13.6. The van der Waals surface area contributed by atoms with Gasteiger partial charge < -0.3 is 5.11 Å². The molecule has 0 aliphatic rings. The zero-order chi connectivity index (χ0) is 13.8. The molecule has 19 heavy (non-hydrogen) atoms. The van der Waals surface area contributed by atoms with Gasteiger partial charge in [0.25, 0.3) is 0 Å². The molecule has 2 rings (SSSR count). The van der Waals surface area contributed by atoms with Crippen LogP contribution in [0, 0.1) is 18.3 Å². The molecule has 2 aromatic rings.